The lowest BCUT2D eigenvalue weighted by Gasteiger charge is -2.16. The van der Waals surface area contributed by atoms with E-state index in [9.17, 15) is 8.78 Å². The normalized spacial score (nSPS) is 11.8. The van der Waals surface area contributed by atoms with Crippen molar-refractivity contribution in [1.29, 1.82) is 0 Å². The van der Waals surface area contributed by atoms with Crippen LogP contribution < -0.4 is 0 Å². The zero-order chi connectivity index (χ0) is 13.9. The van der Waals surface area contributed by atoms with E-state index in [-0.39, 0.29) is 17.9 Å². The zero-order valence-corrected chi connectivity index (χ0v) is 11.2. The van der Waals surface area contributed by atoms with E-state index in [2.05, 4.69) is 4.98 Å². The minimum absolute atomic E-state index is 0.000842. The molecule has 0 amide bonds. The SMILES string of the molecule is Cn1c(CO)cnc1SCC(F)(F)c1ccccc1. The summed E-state index contributed by atoms with van der Waals surface area (Å²) < 4.78 is 29.5. The van der Waals surface area contributed by atoms with Gasteiger partial charge in [0, 0.05) is 12.6 Å². The van der Waals surface area contributed by atoms with Gasteiger partial charge in [0.1, 0.15) is 0 Å². The molecule has 0 fully saturated rings. The summed E-state index contributed by atoms with van der Waals surface area (Å²) in [7, 11) is 1.70. The number of halogens is 2. The summed E-state index contributed by atoms with van der Waals surface area (Å²) in [6, 6.07) is 7.73. The number of nitrogens with zero attached hydrogens (tertiary/aromatic N) is 2. The van der Waals surface area contributed by atoms with Crippen molar-refractivity contribution in [2.75, 3.05) is 5.75 Å². The van der Waals surface area contributed by atoms with Crippen LogP contribution in [0.1, 0.15) is 11.3 Å². The number of benzene rings is 1. The predicted octanol–water partition coefficient (Wildman–Crippen LogP) is 2.80. The summed E-state index contributed by atoms with van der Waals surface area (Å²) in [6.45, 7) is -0.154. The Hall–Kier alpha value is -1.40. The molecule has 19 heavy (non-hydrogen) atoms. The lowest BCUT2D eigenvalue weighted by atomic mass is 10.1. The number of hydrogen-bond acceptors (Lipinski definition) is 3. The summed E-state index contributed by atoms with van der Waals surface area (Å²) in [4.78, 5) is 4.02. The van der Waals surface area contributed by atoms with E-state index in [1.807, 2.05) is 0 Å². The van der Waals surface area contributed by atoms with Crippen LogP contribution in [0.2, 0.25) is 0 Å². The Bertz CT molecular complexity index is 543. The quantitative estimate of drug-likeness (QED) is 0.858. The Kier molecular flexibility index (Phi) is 4.21. The molecular formula is C13H14F2N2OS. The maximum atomic E-state index is 14.0. The van der Waals surface area contributed by atoms with Gasteiger partial charge in [-0.25, -0.2) is 13.8 Å². The second kappa shape index (κ2) is 5.71. The molecule has 0 saturated heterocycles. The van der Waals surface area contributed by atoms with Gasteiger partial charge in [0.05, 0.1) is 24.3 Å². The van der Waals surface area contributed by atoms with Crippen LogP contribution in [-0.2, 0) is 19.6 Å². The number of hydrogen-bond donors (Lipinski definition) is 1. The van der Waals surface area contributed by atoms with Crippen LogP contribution in [0.15, 0.2) is 41.7 Å². The Labute approximate surface area is 114 Å². The van der Waals surface area contributed by atoms with Gasteiger partial charge < -0.3 is 9.67 Å². The molecule has 1 N–H and O–H groups in total. The molecule has 6 heteroatoms. The third kappa shape index (κ3) is 3.13. The van der Waals surface area contributed by atoms with Gasteiger partial charge >= 0.3 is 0 Å². The fourth-order valence-electron chi connectivity index (χ4n) is 1.63. The van der Waals surface area contributed by atoms with Crippen LogP contribution >= 0.6 is 11.8 Å². The van der Waals surface area contributed by atoms with Crippen molar-refractivity contribution in [1.82, 2.24) is 9.55 Å². The standard InChI is InChI=1S/C13H14F2N2OS/c1-17-11(8-18)7-16-12(17)19-9-13(14,15)10-5-3-2-4-6-10/h2-7,18H,8-9H2,1H3. The third-order valence-electron chi connectivity index (χ3n) is 2.78. The Balaban J connectivity index is 2.07. The molecule has 1 heterocycles. The number of aromatic nitrogens is 2. The number of thioether (sulfide) groups is 1. The third-order valence-corrected chi connectivity index (χ3v) is 3.93. The zero-order valence-electron chi connectivity index (χ0n) is 10.4. The molecule has 1 aromatic heterocycles. The van der Waals surface area contributed by atoms with Crippen molar-refractivity contribution < 1.29 is 13.9 Å². The van der Waals surface area contributed by atoms with Gasteiger partial charge in [-0.1, -0.05) is 42.1 Å². The topological polar surface area (TPSA) is 38.0 Å². The molecular weight excluding hydrogens is 270 g/mol. The monoisotopic (exact) mass is 284 g/mol. The van der Waals surface area contributed by atoms with Crippen LogP contribution in [0.3, 0.4) is 0 Å². The van der Waals surface area contributed by atoms with Crippen molar-refractivity contribution in [3.05, 3.63) is 47.8 Å². The Morgan fingerprint density at radius 1 is 1.32 bits per heavy atom. The molecule has 0 atom stereocenters. The number of aliphatic hydroxyl groups excluding tert-OH is 1. The lowest BCUT2D eigenvalue weighted by molar-refractivity contribution is 0.0231. The molecule has 2 rings (SSSR count). The summed E-state index contributed by atoms with van der Waals surface area (Å²) in [6.07, 6.45) is 1.49. The smallest absolute Gasteiger partial charge is 0.282 e. The van der Waals surface area contributed by atoms with E-state index in [0.29, 0.717) is 10.9 Å². The van der Waals surface area contributed by atoms with Gasteiger partial charge in [0.2, 0.25) is 0 Å². The first kappa shape index (κ1) is 14.0. The summed E-state index contributed by atoms with van der Waals surface area (Å²) in [5.41, 5.74) is 0.601. The lowest BCUT2D eigenvalue weighted by Crippen LogP contribution is -2.17. The van der Waals surface area contributed by atoms with Gasteiger partial charge in [0.15, 0.2) is 5.16 Å². The summed E-state index contributed by atoms with van der Waals surface area (Å²) in [5.74, 6) is -3.29. The van der Waals surface area contributed by atoms with Gasteiger partial charge in [-0.2, -0.15) is 0 Å². The Morgan fingerprint density at radius 3 is 2.58 bits per heavy atom. The highest BCUT2D eigenvalue weighted by Gasteiger charge is 2.32. The van der Waals surface area contributed by atoms with Gasteiger partial charge in [-0.05, 0) is 0 Å². The molecule has 3 nitrogen and oxygen atoms in total. The fraction of sp³-hybridized carbons (Fsp3) is 0.308. The van der Waals surface area contributed by atoms with Gasteiger partial charge in [0.25, 0.3) is 5.92 Å². The van der Waals surface area contributed by atoms with E-state index in [4.69, 9.17) is 5.11 Å². The summed E-state index contributed by atoms with van der Waals surface area (Å²) in [5, 5.41) is 9.49. The highest BCUT2D eigenvalue weighted by atomic mass is 32.2. The largest absolute Gasteiger partial charge is 0.390 e. The second-order valence-electron chi connectivity index (χ2n) is 4.11. The first-order chi connectivity index (χ1) is 9.04. The van der Waals surface area contributed by atoms with Crippen molar-refractivity contribution in [3.8, 4) is 0 Å². The minimum Gasteiger partial charge on any atom is -0.390 e. The number of rotatable bonds is 5. The van der Waals surface area contributed by atoms with E-state index in [1.165, 1.54) is 18.3 Å². The molecule has 0 bridgehead atoms. The van der Waals surface area contributed by atoms with E-state index >= 15 is 0 Å². The fourth-order valence-corrected chi connectivity index (χ4v) is 2.54. The van der Waals surface area contributed by atoms with Crippen molar-refractivity contribution in [2.24, 2.45) is 7.05 Å². The molecule has 0 aliphatic heterocycles. The molecule has 102 valence electrons. The molecule has 0 spiro atoms. The first-order valence-electron chi connectivity index (χ1n) is 5.72. The van der Waals surface area contributed by atoms with Gasteiger partial charge in [-0.3, -0.25) is 0 Å². The van der Waals surface area contributed by atoms with E-state index < -0.39 is 5.92 Å². The maximum Gasteiger partial charge on any atom is 0.282 e. The molecule has 0 aliphatic carbocycles. The van der Waals surface area contributed by atoms with Crippen molar-refractivity contribution in [3.63, 3.8) is 0 Å². The highest BCUT2D eigenvalue weighted by molar-refractivity contribution is 7.99. The van der Waals surface area contributed by atoms with Crippen molar-refractivity contribution in [2.45, 2.75) is 17.7 Å². The van der Waals surface area contributed by atoms with Gasteiger partial charge in [-0.15, -0.1) is 0 Å². The van der Waals surface area contributed by atoms with E-state index in [1.54, 1.807) is 29.8 Å². The van der Waals surface area contributed by atoms with Crippen LogP contribution in [0, 0.1) is 0 Å². The molecule has 0 aliphatic rings. The molecule has 1 aromatic carbocycles. The average Bonchev–Trinajstić information content (AvgIpc) is 2.78. The van der Waals surface area contributed by atoms with Crippen LogP contribution in [0.4, 0.5) is 8.78 Å². The Morgan fingerprint density at radius 2 is 2.00 bits per heavy atom. The molecule has 0 unspecified atom stereocenters. The van der Waals surface area contributed by atoms with Crippen molar-refractivity contribution >= 4 is 11.8 Å². The van der Waals surface area contributed by atoms with Crippen LogP contribution in [0.25, 0.3) is 0 Å². The minimum atomic E-state index is -2.91. The molecule has 2 aromatic rings. The second-order valence-corrected chi connectivity index (χ2v) is 5.05. The number of aliphatic hydroxyl groups is 1. The number of alkyl halides is 2. The van der Waals surface area contributed by atoms with E-state index in [0.717, 1.165) is 11.8 Å². The number of imidazole rings is 1. The van der Waals surface area contributed by atoms with Crippen LogP contribution in [-0.4, -0.2) is 20.4 Å². The maximum absolute atomic E-state index is 14.0. The average molecular weight is 284 g/mol. The van der Waals surface area contributed by atoms with Crippen LogP contribution in [0.5, 0.6) is 0 Å². The molecule has 0 saturated carbocycles. The predicted molar refractivity (Wildman–Crippen MR) is 70.2 cm³/mol. The summed E-state index contributed by atoms with van der Waals surface area (Å²) >= 11 is 0.976. The first-order valence-corrected chi connectivity index (χ1v) is 6.71. The highest BCUT2D eigenvalue weighted by Crippen LogP contribution is 2.34. The molecule has 0 radical (unpaired) electrons.